The summed E-state index contributed by atoms with van der Waals surface area (Å²) in [6.45, 7) is 1.95. The Morgan fingerprint density at radius 2 is 2.13 bits per heavy atom. The van der Waals surface area contributed by atoms with E-state index in [2.05, 4.69) is 15.2 Å². The third-order valence-electron chi connectivity index (χ3n) is 5.08. The molecule has 3 aromatic rings. The van der Waals surface area contributed by atoms with Gasteiger partial charge in [-0.25, -0.2) is 9.18 Å². The van der Waals surface area contributed by atoms with Gasteiger partial charge >= 0.3 is 5.97 Å². The molecule has 1 aliphatic rings. The number of carbonyl (C=O) groups is 2. The molecule has 4 rings (SSSR count). The van der Waals surface area contributed by atoms with Crippen LogP contribution in [0.25, 0.3) is 0 Å². The minimum Gasteiger partial charge on any atom is -0.478 e. The monoisotopic (exact) mass is 459 g/mol. The number of carboxylic acid groups (broad SMARTS) is 1. The zero-order valence-corrected chi connectivity index (χ0v) is 18.0. The number of pyridine rings is 1. The number of carboxylic acids is 1. The standard InChI is InChI=1S/C22H19ClFN3O3S/c23-14-5-4-13(17(24)10-14)9-19(28)26-21-20(22(29)30)16-6-8-27(12-18(16)31-21)11-15-3-1-2-7-25-15/h1-5,7,10H,6,8-9,11-12H2,(H,26,28)(H,29,30). The highest BCUT2D eigenvalue weighted by molar-refractivity contribution is 7.17. The number of rotatable bonds is 6. The van der Waals surface area contributed by atoms with Crippen LogP contribution in [0.1, 0.15) is 32.1 Å². The molecule has 0 spiro atoms. The summed E-state index contributed by atoms with van der Waals surface area (Å²) in [6, 6.07) is 9.85. The van der Waals surface area contributed by atoms with Crippen molar-refractivity contribution in [3.05, 3.63) is 80.7 Å². The molecule has 6 nitrogen and oxygen atoms in total. The Bertz CT molecular complexity index is 1140. The minimum atomic E-state index is -1.08. The molecule has 0 fully saturated rings. The average Bonchev–Trinajstić information content (AvgIpc) is 3.08. The van der Waals surface area contributed by atoms with Gasteiger partial charge in [0.05, 0.1) is 17.7 Å². The van der Waals surface area contributed by atoms with Crippen molar-refractivity contribution in [2.24, 2.45) is 0 Å². The maximum absolute atomic E-state index is 14.0. The number of amides is 1. The van der Waals surface area contributed by atoms with Crippen LogP contribution in [0.4, 0.5) is 9.39 Å². The summed E-state index contributed by atoms with van der Waals surface area (Å²) in [5.74, 6) is -2.13. The Hall–Kier alpha value is -2.81. The van der Waals surface area contributed by atoms with Crippen molar-refractivity contribution in [1.29, 1.82) is 0 Å². The Morgan fingerprint density at radius 1 is 1.29 bits per heavy atom. The lowest BCUT2D eigenvalue weighted by molar-refractivity contribution is -0.115. The Balaban J connectivity index is 1.51. The number of hydrogen-bond acceptors (Lipinski definition) is 5. The quantitative estimate of drug-likeness (QED) is 0.572. The second-order valence-corrected chi connectivity index (χ2v) is 8.80. The zero-order chi connectivity index (χ0) is 22.0. The fourth-order valence-electron chi connectivity index (χ4n) is 3.64. The van der Waals surface area contributed by atoms with E-state index in [1.54, 1.807) is 6.20 Å². The number of anilines is 1. The van der Waals surface area contributed by atoms with Crippen LogP contribution in [0.15, 0.2) is 42.6 Å². The first-order valence-electron chi connectivity index (χ1n) is 9.64. The first kappa shape index (κ1) is 21.4. The van der Waals surface area contributed by atoms with Gasteiger partial charge in [-0.05, 0) is 41.8 Å². The zero-order valence-electron chi connectivity index (χ0n) is 16.4. The number of carbonyl (C=O) groups excluding carboxylic acids is 1. The van der Waals surface area contributed by atoms with E-state index in [0.29, 0.717) is 26.1 Å². The van der Waals surface area contributed by atoms with Crippen LogP contribution in [-0.2, 0) is 30.7 Å². The molecule has 2 N–H and O–H groups in total. The maximum Gasteiger partial charge on any atom is 0.339 e. The summed E-state index contributed by atoms with van der Waals surface area (Å²) >= 11 is 7.01. The summed E-state index contributed by atoms with van der Waals surface area (Å²) in [7, 11) is 0. The molecule has 0 radical (unpaired) electrons. The number of nitrogens with zero attached hydrogens (tertiary/aromatic N) is 2. The van der Waals surface area contributed by atoms with Gasteiger partial charge in [0.15, 0.2) is 0 Å². The molecule has 0 aliphatic carbocycles. The number of fused-ring (bicyclic) bond motifs is 1. The smallest absolute Gasteiger partial charge is 0.339 e. The molecule has 1 amide bonds. The van der Waals surface area contributed by atoms with Crippen LogP contribution < -0.4 is 5.32 Å². The largest absolute Gasteiger partial charge is 0.478 e. The molecule has 1 aromatic carbocycles. The number of benzene rings is 1. The normalized spacial score (nSPS) is 13.6. The molecule has 0 unspecified atom stereocenters. The van der Waals surface area contributed by atoms with Crippen LogP contribution in [-0.4, -0.2) is 33.4 Å². The first-order chi connectivity index (χ1) is 14.9. The van der Waals surface area contributed by atoms with E-state index in [1.807, 2.05) is 18.2 Å². The van der Waals surface area contributed by atoms with Crippen molar-refractivity contribution in [3.8, 4) is 0 Å². The van der Waals surface area contributed by atoms with Gasteiger partial charge in [0.1, 0.15) is 10.8 Å². The molecular formula is C22H19ClFN3O3S. The number of hydrogen-bond donors (Lipinski definition) is 2. The molecule has 3 heterocycles. The topological polar surface area (TPSA) is 82.5 Å². The summed E-state index contributed by atoms with van der Waals surface area (Å²) < 4.78 is 14.0. The summed E-state index contributed by atoms with van der Waals surface area (Å²) in [5, 5.41) is 13.0. The molecule has 2 aromatic heterocycles. The predicted octanol–water partition coefficient (Wildman–Crippen LogP) is 4.37. The molecule has 0 atom stereocenters. The van der Waals surface area contributed by atoms with Gasteiger partial charge in [0.2, 0.25) is 5.91 Å². The number of nitrogens with one attached hydrogen (secondary N) is 1. The fraction of sp³-hybridized carbons (Fsp3) is 0.227. The van der Waals surface area contributed by atoms with E-state index in [0.717, 1.165) is 22.2 Å². The fourth-order valence-corrected chi connectivity index (χ4v) is 5.09. The van der Waals surface area contributed by atoms with Crippen molar-refractivity contribution in [2.75, 3.05) is 11.9 Å². The minimum absolute atomic E-state index is 0.127. The number of thiophene rings is 1. The number of aromatic nitrogens is 1. The predicted molar refractivity (Wildman–Crippen MR) is 117 cm³/mol. The molecular weight excluding hydrogens is 441 g/mol. The van der Waals surface area contributed by atoms with Crippen LogP contribution in [0.2, 0.25) is 5.02 Å². The molecule has 160 valence electrons. The molecule has 0 bridgehead atoms. The SMILES string of the molecule is O=C(Cc1ccc(Cl)cc1F)Nc1sc2c(c1C(=O)O)CCN(Cc1ccccn1)C2. The Morgan fingerprint density at radius 3 is 2.84 bits per heavy atom. The lowest BCUT2D eigenvalue weighted by Gasteiger charge is -2.26. The van der Waals surface area contributed by atoms with Crippen LogP contribution in [0.3, 0.4) is 0 Å². The second-order valence-electron chi connectivity index (χ2n) is 7.26. The first-order valence-corrected chi connectivity index (χ1v) is 10.8. The van der Waals surface area contributed by atoms with Gasteiger partial charge in [-0.15, -0.1) is 11.3 Å². The molecule has 0 saturated heterocycles. The van der Waals surface area contributed by atoms with Crippen molar-refractivity contribution in [1.82, 2.24) is 9.88 Å². The number of halogens is 2. The van der Waals surface area contributed by atoms with Gasteiger partial charge < -0.3 is 10.4 Å². The van der Waals surface area contributed by atoms with Crippen molar-refractivity contribution >= 4 is 39.8 Å². The molecule has 0 saturated carbocycles. The molecule has 31 heavy (non-hydrogen) atoms. The van der Waals surface area contributed by atoms with Crippen LogP contribution in [0.5, 0.6) is 0 Å². The second kappa shape index (κ2) is 9.13. The summed E-state index contributed by atoms with van der Waals surface area (Å²) in [4.78, 5) is 31.9. The third kappa shape index (κ3) is 4.92. The molecule has 1 aliphatic heterocycles. The maximum atomic E-state index is 14.0. The van der Waals surface area contributed by atoms with Crippen LogP contribution >= 0.6 is 22.9 Å². The van der Waals surface area contributed by atoms with E-state index >= 15 is 0 Å². The van der Waals surface area contributed by atoms with E-state index in [1.165, 1.54) is 23.5 Å². The van der Waals surface area contributed by atoms with Crippen molar-refractivity contribution in [3.63, 3.8) is 0 Å². The Labute approximate surface area is 187 Å². The van der Waals surface area contributed by atoms with Crippen molar-refractivity contribution in [2.45, 2.75) is 25.9 Å². The van der Waals surface area contributed by atoms with Gasteiger partial charge in [-0.2, -0.15) is 0 Å². The van der Waals surface area contributed by atoms with Gasteiger partial charge in [-0.1, -0.05) is 23.7 Å². The van der Waals surface area contributed by atoms with E-state index in [9.17, 15) is 19.1 Å². The summed E-state index contributed by atoms with van der Waals surface area (Å²) in [5.41, 5.74) is 2.02. The lowest BCUT2D eigenvalue weighted by Crippen LogP contribution is -2.30. The van der Waals surface area contributed by atoms with Crippen LogP contribution in [0, 0.1) is 5.82 Å². The van der Waals surface area contributed by atoms with E-state index in [4.69, 9.17) is 11.6 Å². The highest BCUT2D eigenvalue weighted by atomic mass is 35.5. The van der Waals surface area contributed by atoms with Gasteiger partial charge in [0, 0.05) is 35.7 Å². The van der Waals surface area contributed by atoms with Crippen molar-refractivity contribution < 1.29 is 19.1 Å². The van der Waals surface area contributed by atoms with E-state index in [-0.39, 0.29) is 27.6 Å². The van der Waals surface area contributed by atoms with Gasteiger partial charge in [0.25, 0.3) is 0 Å². The molecule has 9 heteroatoms. The van der Waals surface area contributed by atoms with E-state index < -0.39 is 17.7 Å². The third-order valence-corrected chi connectivity index (χ3v) is 6.45. The lowest BCUT2D eigenvalue weighted by atomic mass is 10.0. The Kier molecular flexibility index (Phi) is 6.31. The average molecular weight is 460 g/mol. The highest BCUT2D eigenvalue weighted by Gasteiger charge is 2.28. The highest BCUT2D eigenvalue weighted by Crippen LogP contribution is 2.37. The van der Waals surface area contributed by atoms with Gasteiger partial charge in [-0.3, -0.25) is 14.7 Å². The summed E-state index contributed by atoms with van der Waals surface area (Å²) in [6.07, 6.45) is 2.11. The number of aromatic carboxylic acids is 1.